The van der Waals surface area contributed by atoms with Crippen LogP contribution in [0.5, 0.6) is 0 Å². The van der Waals surface area contributed by atoms with Gasteiger partial charge in [-0.25, -0.2) is 0 Å². The van der Waals surface area contributed by atoms with Crippen molar-refractivity contribution in [2.45, 2.75) is 219 Å². The van der Waals surface area contributed by atoms with E-state index in [-0.39, 0.29) is 12.5 Å². The predicted molar refractivity (Wildman–Crippen MR) is 185 cm³/mol. The minimum Gasteiger partial charge on any atom is -0.342 e. The molecule has 0 fully saturated rings. The summed E-state index contributed by atoms with van der Waals surface area (Å²) in [6.45, 7) is 6.57. The molecule has 0 atom stereocenters. The van der Waals surface area contributed by atoms with Gasteiger partial charge in [0.2, 0.25) is 5.91 Å². The van der Waals surface area contributed by atoms with Crippen LogP contribution in [-0.2, 0) is 4.79 Å². The Balaban J connectivity index is 3.48. The lowest BCUT2D eigenvalue weighted by Gasteiger charge is -2.22. The molecule has 3 heteroatoms. The first-order chi connectivity index (χ1) is 20.3. The Morgan fingerprint density at radius 2 is 0.561 bits per heavy atom. The van der Waals surface area contributed by atoms with Crippen LogP contribution in [0.15, 0.2) is 0 Å². The standard InChI is InChI=1S/C38H78N2O/c1-3-5-7-9-11-13-15-17-19-21-23-25-27-29-31-33-35-40(38(41)37-39)36-34-32-30-28-26-24-22-20-18-16-14-12-10-8-6-4-2/h3-37,39H2,1-2H3. The van der Waals surface area contributed by atoms with E-state index in [9.17, 15) is 4.79 Å². The van der Waals surface area contributed by atoms with Crippen LogP contribution in [0.4, 0.5) is 0 Å². The zero-order valence-electron chi connectivity index (χ0n) is 28.7. The zero-order valence-corrected chi connectivity index (χ0v) is 28.7. The average molecular weight is 579 g/mol. The lowest BCUT2D eigenvalue weighted by Crippen LogP contribution is -2.37. The highest BCUT2D eigenvalue weighted by Gasteiger charge is 2.10. The zero-order chi connectivity index (χ0) is 29.9. The van der Waals surface area contributed by atoms with Crippen LogP contribution in [-0.4, -0.2) is 30.4 Å². The maximum absolute atomic E-state index is 12.3. The summed E-state index contributed by atoms with van der Waals surface area (Å²) >= 11 is 0. The third-order valence-electron chi connectivity index (χ3n) is 9.09. The van der Waals surface area contributed by atoms with Gasteiger partial charge in [-0.05, 0) is 12.8 Å². The molecule has 0 aromatic rings. The van der Waals surface area contributed by atoms with Crippen LogP contribution in [0.25, 0.3) is 0 Å². The van der Waals surface area contributed by atoms with E-state index in [4.69, 9.17) is 5.73 Å². The third-order valence-corrected chi connectivity index (χ3v) is 9.09. The first-order valence-electron chi connectivity index (χ1n) is 19.2. The van der Waals surface area contributed by atoms with Gasteiger partial charge >= 0.3 is 0 Å². The summed E-state index contributed by atoms with van der Waals surface area (Å²) in [5.74, 6) is 0.145. The Morgan fingerprint density at radius 3 is 0.756 bits per heavy atom. The molecule has 0 saturated heterocycles. The number of nitrogens with two attached hydrogens (primary N) is 1. The van der Waals surface area contributed by atoms with Crippen molar-refractivity contribution in [3.05, 3.63) is 0 Å². The number of carbonyl (C=O) groups is 1. The van der Waals surface area contributed by atoms with Crippen LogP contribution in [0.1, 0.15) is 219 Å². The second-order valence-corrected chi connectivity index (χ2v) is 13.2. The number of unbranched alkanes of at least 4 members (excludes halogenated alkanes) is 30. The molecule has 0 aliphatic rings. The molecule has 2 N–H and O–H groups in total. The summed E-state index contributed by atoms with van der Waals surface area (Å²) in [6, 6.07) is 0. The molecular weight excluding hydrogens is 500 g/mol. The third kappa shape index (κ3) is 32.2. The van der Waals surface area contributed by atoms with E-state index in [0.717, 1.165) is 25.9 Å². The van der Waals surface area contributed by atoms with E-state index in [0.29, 0.717) is 0 Å². The number of amides is 1. The number of hydrogen-bond acceptors (Lipinski definition) is 2. The number of carbonyl (C=O) groups excluding carboxylic acids is 1. The molecule has 0 aromatic carbocycles. The van der Waals surface area contributed by atoms with Crippen LogP contribution in [0.2, 0.25) is 0 Å². The van der Waals surface area contributed by atoms with Gasteiger partial charge in [-0.3, -0.25) is 4.79 Å². The molecule has 1 amide bonds. The summed E-state index contributed by atoms with van der Waals surface area (Å²) in [5.41, 5.74) is 5.70. The quantitative estimate of drug-likeness (QED) is 0.0760. The first kappa shape index (κ1) is 40.4. The van der Waals surface area contributed by atoms with E-state index in [1.807, 2.05) is 4.90 Å². The topological polar surface area (TPSA) is 46.3 Å². The van der Waals surface area contributed by atoms with Crippen molar-refractivity contribution in [1.82, 2.24) is 4.90 Å². The van der Waals surface area contributed by atoms with Crippen molar-refractivity contribution in [2.75, 3.05) is 19.6 Å². The first-order valence-corrected chi connectivity index (χ1v) is 19.2. The largest absolute Gasteiger partial charge is 0.342 e. The highest BCUT2D eigenvalue weighted by atomic mass is 16.2. The van der Waals surface area contributed by atoms with Gasteiger partial charge in [-0.1, -0.05) is 206 Å². The van der Waals surface area contributed by atoms with E-state index >= 15 is 0 Å². The summed E-state index contributed by atoms with van der Waals surface area (Å²) in [5, 5.41) is 0. The summed E-state index contributed by atoms with van der Waals surface area (Å²) in [4.78, 5) is 14.3. The molecule has 0 spiro atoms. The van der Waals surface area contributed by atoms with Gasteiger partial charge < -0.3 is 10.6 Å². The Kier molecular flexibility index (Phi) is 35.1. The molecule has 0 bridgehead atoms. The second-order valence-electron chi connectivity index (χ2n) is 13.2. The second kappa shape index (κ2) is 35.6. The number of rotatable bonds is 35. The normalized spacial score (nSPS) is 11.4. The van der Waals surface area contributed by atoms with Crippen molar-refractivity contribution >= 4 is 5.91 Å². The SMILES string of the molecule is CCCCCCCCCCCCCCCCCCN(CCCCCCCCCCCCCCCCCC)C(=O)CN. The molecule has 0 aromatic heterocycles. The fourth-order valence-electron chi connectivity index (χ4n) is 6.19. The van der Waals surface area contributed by atoms with Crippen molar-refractivity contribution in [2.24, 2.45) is 5.73 Å². The summed E-state index contributed by atoms with van der Waals surface area (Å²) < 4.78 is 0. The van der Waals surface area contributed by atoms with E-state index in [2.05, 4.69) is 13.8 Å². The molecule has 0 unspecified atom stereocenters. The molecule has 0 saturated carbocycles. The minimum atomic E-state index is 0.145. The van der Waals surface area contributed by atoms with E-state index in [1.165, 1.54) is 193 Å². The van der Waals surface area contributed by atoms with Gasteiger partial charge in [0.05, 0.1) is 6.54 Å². The van der Waals surface area contributed by atoms with Crippen molar-refractivity contribution in [1.29, 1.82) is 0 Å². The molecule has 0 radical (unpaired) electrons. The monoisotopic (exact) mass is 579 g/mol. The highest BCUT2D eigenvalue weighted by molar-refractivity contribution is 5.77. The van der Waals surface area contributed by atoms with Crippen LogP contribution in [0, 0.1) is 0 Å². The number of hydrogen-bond donors (Lipinski definition) is 1. The Hall–Kier alpha value is -0.570. The van der Waals surface area contributed by atoms with Crippen LogP contribution < -0.4 is 5.73 Å². The summed E-state index contributed by atoms with van der Waals surface area (Å²) in [6.07, 6.45) is 44.4. The van der Waals surface area contributed by atoms with Gasteiger partial charge in [0.1, 0.15) is 0 Å². The Morgan fingerprint density at radius 1 is 0.366 bits per heavy atom. The molecule has 0 heterocycles. The van der Waals surface area contributed by atoms with Crippen LogP contribution >= 0.6 is 0 Å². The van der Waals surface area contributed by atoms with Crippen molar-refractivity contribution in [3.8, 4) is 0 Å². The maximum atomic E-state index is 12.3. The molecule has 41 heavy (non-hydrogen) atoms. The Labute approximate surface area is 260 Å². The lowest BCUT2D eigenvalue weighted by molar-refractivity contribution is -0.129. The maximum Gasteiger partial charge on any atom is 0.236 e. The van der Waals surface area contributed by atoms with Gasteiger partial charge in [0.25, 0.3) is 0 Å². The summed E-state index contributed by atoms with van der Waals surface area (Å²) in [7, 11) is 0. The highest BCUT2D eigenvalue weighted by Crippen LogP contribution is 2.16. The Bertz CT molecular complexity index is 459. The molecule has 0 rings (SSSR count). The van der Waals surface area contributed by atoms with Crippen molar-refractivity contribution in [3.63, 3.8) is 0 Å². The van der Waals surface area contributed by atoms with E-state index < -0.39 is 0 Å². The van der Waals surface area contributed by atoms with Crippen LogP contribution in [0.3, 0.4) is 0 Å². The van der Waals surface area contributed by atoms with Gasteiger partial charge in [-0.15, -0.1) is 0 Å². The van der Waals surface area contributed by atoms with Gasteiger partial charge in [0.15, 0.2) is 0 Å². The van der Waals surface area contributed by atoms with E-state index in [1.54, 1.807) is 0 Å². The van der Waals surface area contributed by atoms with Gasteiger partial charge in [0, 0.05) is 13.1 Å². The molecule has 3 nitrogen and oxygen atoms in total. The smallest absolute Gasteiger partial charge is 0.236 e. The lowest BCUT2D eigenvalue weighted by atomic mass is 10.0. The average Bonchev–Trinajstić information content (AvgIpc) is 2.99. The molecule has 0 aliphatic heterocycles. The van der Waals surface area contributed by atoms with Crippen molar-refractivity contribution < 1.29 is 4.79 Å². The predicted octanol–water partition coefficient (Wildman–Crippen LogP) is 12.3. The fourth-order valence-corrected chi connectivity index (χ4v) is 6.19. The fraction of sp³-hybridized carbons (Fsp3) is 0.974. The molecule has 0 aliphatic carbocycles. The van der Waals surface area contributed by atoms with Gasteiger partial charge in [-0.2, -0.15) is 0 Å². The number of nitrogens with zero attached hydrogens (tertiary/aromatic N) is 1. The molecule has 246 valence electrons. The molecular formula is C38H78N2O. The minimum absolute atomic E-state index is 0.145.